The lowest BCUT2D eigenvalue weighted by Gasteiger charge is -2.34. The molecule has 146 valence electrons. The zero-order valence-corrected chi connectivity index (χ0v) is 17.3. The third kappa shape index (κ3) is 3.02. The third-order valence-electron chi connectivity index (χ3n) is 7.70. The Morgan fingerprint density at radius 1 is 1.22 bits per heavy atom. The standard InChI is InChI=1S/C21H29N3O2S/c1-20(2)15-6-9-21(20,3)17(13-15)22-23-18(25)14-7-10-24(11-8-14)19(26)16-5-4-12-27-16/h4-5,12,14-15H,6-11,13H2,1-3H3,(H,23,25)/b22-17+/t15-,21+/m0/s1. The van der Waals surface area contributed by atoms with Crippen LogP contribution in [0.1, 0.15) is 62.5 Å². The average molecular weight is 388 g/mol. The summed E-state index contributed by atoms with van der Waals surface area (Å²) in [7, 11) is 0. The van der Waals surface area contributed by atoms with Crippen molar-refractivity contribution >= 4 is 28.9 Å². The minimum absolute atomic E-state index is 0.00917. The van der Waals surface area contributed by atoms with Crippen molar-refractivity contribution < 1.29 is 9.59 Å². The van der Waals surface area contributed by atoms with E-state index in [1.807, 2.05) is 22.4 Å². The van der Waals surface area contributed by atoms with Gasteiger partial charge in [0.25, 0.3) is 5.91 Å². The van der Waals surface area contributed by atoms with E-state index in [4.69, 9.17) is 0 Å². The normalized spacial score (nSPS) is 31.4. The quantitative estimate of drug-likeness (QED) is 0.799. The predicted molar refractivity (Wildman–Crippen MR) is 108 cm³/mol. The van der Waals surface area contributed by atoms with Crippen LogP contribution in [-0.4, -0.2) is 35.5 Å². The highest BCUT2D eigenvalue weighted by atomic mass is 32.1. The smallest absolute Gasteiger partial charge is 0.263 e. The van der Waals surface area contributed by atoms with E-state index >= 15 is 0 Å². The number of carbonyl (C=O) groups is 2. The van der Waals surface area contributed by atoms with Crippen LogP contribution in [0.5, 0.6) is 0 Å². The number of nitrogens with one attached hydrogen (secondary N) is 1. The van der Waals surface area contributed by atoms with E-state index in [0.29, 0.717) is 31.8 Å². The lowest BCUT2D eigenvalue weighted by Crippen LogP contribution is -2.42. The Morgan fingerprint density at radius 2 is 1.96 bits per heavy atom. The van der Waals surface area contributed by atoms with Gasteiger partial charge < -0.3 is 4.90 Å². The Bertz CT molecular complexity index is 762. The molecule has 0 unspecified atom stereocenters. The van der Waals surface area contributed by atoms with Gasteiger partial charge in [-0.25, -0.2) is 5.43 Å². The zero-order chi connectivity index (χ0) is 19.2. The summed E-state index contributed by atoms with van der Waals surface area (Å²) in [5.41, 5.74) is 4.41. The van der Waals surface area contributed by atoms with Gasteiger partial charge >= 0.3 is 0 Å². The first-order chi connectivity index (χ1) is 12.8. The average Bonchev–Trinajstić information content (AvgIpc) is 3.32. The van der Waals surface area contributed by atoms with Crippen LogP contribution in [0.4, 0.5) is 0 Å². The van der Waals surface area contributed by atoms with E-state index in [2.05, 4.69) is 31.3 Å². The number of hydrogen-bond acceptors (Lipinski definition) is 4. The van der Waals surface area contributed by atoms with Gasteiger partial charge in [0.2, 0.25) is 5.91 Å². The van der Waals surface area contributed by atoms with E-state index in [9.17, 15) is 9.59 Å². The van der Waals surface area contributed by atoms with Gasteiger partial charge in [-0.3, -0.25) is 9.59 Å². The van der Waals surface area contributed by atoms with Crippen LogP contribution in [0.15, 0.2) is 22.6 Å². The molecule has 0 radical (unpaired) electrons. The first kappa shape index (κ1) is 18.7. The fraction of sp³-hybridized carbons (Fsp3) is 0.667. The van der Waals surface area contributed by atoms with Crippen LogP contribution in [0.2, 0.25) is 0 Å². The van der Waals surface area contributed by atoms with Gasteiger partial charge in [0.15, 0.2) is 0 Å². The maximum Gasteiger partial charge on any atom is 0.263 e. The number of amides is 2. The summed E-state index contributed by atoms with van der Waals surface area (Å²) in [6, 6.07) is 3.76. The first-order valence-corrected chi connectivity index (χ1v) is 10.9. The minimum Gasteiger partial charge on any atom is -0.338 e. The Hall–Kier alpha value is -1.69. The number of carbonyl (C=O) groups excluding carboxylic acids is 2. The summed E-state index contributed by atoms with van der Waals surface area (Å²) < 4.78 is 0. The number of hydrogen-bond donors (Lipinski definition) is 1. The van der Waals surface area contributed by atoms with Crippen molar-refractivity contribution in [2.75, 3.05) is 13.1 Å². The molecular weight excluding hydrogens is 358 g/mol. The molecule has 4 rings (SSSR count). The highest BCUT2D eigenvalue weighted by molar-refractivity contribution is 7.12. The first-order valence-electron chi connectivity index (χ1n) is 10.0. The molecule has 1 aromatic heterocycles. The van der Waals surface area contributed by atoms with Crippen molar-refractivity contribution in [3.63, 3.8) is 0 Å². The fourth-order valence-electron chi connectivity index (χ4n) is 5.21. The molecule has 2 saturated carbocycles. The molecule has 27 heavy (non-hydrogen) atoms. The highest BCUT2D eigenvalue weighted by Crippen LogP contribution is 2.63. The number of likely N-dealkylation sites (tertiary alicyclic amines) is 1. The number of piperidine rings is 1. The van der Waals surface area contributed by atoms with Crippen LogP contribution >= 0.6 is 11.3 Å². The van der Waals surface area contributed by atoms with E-state index < -0.39 is 0 Å². The largest absolute Gasteiger partial charge is 0.338 e. The molecule has 2 amide bonds. The molecule has 1 N–H and O–H groups in total. The van der Waals surface area contributed by atoms with Crippen molar-refractivity contribution in [3.05, 3.63) is 22.4 Å². The molecule has 3 fully saturated rings. The van der Waals surface area contributed by atoms with Gasteiger partial charge in [0.1, 0.15) is 0 Å². The maximum absolute atomic E-state index is 12.6. The van der Waals surface area contributed by atoms with Crippen LogP contribution in [0, 0.1) is 22.7 Å². The predicted octanol–water partition coefficient (Wildman–Crippen LogP) is 3.92. The number of thiophene rings is 1. The van der Waals surface area contributed by atoms with Gasteiger partial charge in [0.05, 0.1) is 4.88 Å². The lowest BCUT2D eigenvalue weighted by molar-refractivity contribution is -0.126. The van der Waals surface area contributed by atoms with E-state index in [0.717, 1.165) is 11.3 Å². The van der Waals surface area contributed by atoms with E-state index in [1.165, 1.54) is 29.9 Å². The fourth-order valence-corrected chi connectivity index (χ4v) is 5.90. The molecule has 1 aromatic rings. The molecule has 5 nitrogen and oxygen atoms in total. The Balaban J connectivity index is 1.32. The summed E-state index contributed by atoms with van der Waals surface area (Å²) in [6.45, 7) is 8.26. The van der Waals surface area contributed by atoms with Crippen LogP contribution in [0.25, 0.3) is 0 Å². The van der Waals surface area contributed by atoms with Crippen molar-refractivity contribution in [1.82, 2.24) is 10.3 Å². The summed E-state index contributed by atoms with van der Waals surface area (Å²) in [4.78, 5) is 27.7. The van der Waals surface area contributed by atoms with Crippen LogP contribution < -0.4 is 5.43 Å². The molecule has 2 heterocycles. The Kier molecular flexibility index (Phi) is 4.65. The van der Waals surface area contributed by atoms with Crippen molar-refractivity contribution in [2.24, 2.45) is 27.8 Å². The number of rotatable bonds is 3. The minimum atomic E-state index is -0.0545. The summed E-state index contributed by atoms with van der Waals surface area (Å²) >= 11 is 1.47. The van der Waals surface area contributed by atoms with Gasteiger partial charge in [-0.1, -0.05) is 26.8 Å². The summed E-state index contributed by atoms with van der Waals surface area (Å²) in [5, 5.41) is 6.50. The molecule has 2 aliphatic carbocycles. The van der Waals surface area contributed by atoms with Crippen LogP contribution in [-0.2, 0) is 4.79 Å². The second-order valence-electron chi connectivity index (χ2n) is 9.07. The molecular formula is C21H29N3O2S. The molecule has 0 aromatic carbocycles. The number of hydrazone groups is 1. The Morgan fingerprint density at radius 3 is 2.52 bits per heavy atom. The monoisotopic (exact) mass is 387 g/mol. The van der Waals surface area contributed by atoms with Crippen molar-refractivity contribution in [2.45, 2.75) is 52.9 Å². The zero-order valence-electron chi connectivity index (χ0n) is 16.5. The highest BCUT2D eigenvalue weighted by Gasteiger charge is 2.60. The molecule has 0 spiro atoms. The van der Waals surface area contributed by atoms with Gasteiger partial charge in [0, 0.05) is 30.1 Å². The second-order valence-corrected chi connectivity index (χ2v) is 10.0. The van der Waals surface area contributed by atoms with Crippen LogP contribution in [0.3, 0.4) is 0 Å². The van der Waals surface area contributed by atoms with Crippen molar-refractivity contribution in [3.8, 4) is 0 Å². The molecule has 2 atom stereocenters. The molecule has 2 bridgehead atoms. The third-order valence-corrected chi connectivity index (χ3v) is 8.56. The van der Waals surface area contributed by atoms with Gasteiger partial charge in [-0.05, 0) is 54.9 Å². The summed E-state index contributed by atoms with van der Waals surface area (Å²) in [5.74, 6) is 0.724. The molecule has 1 saturated heterocycles. The topological polar surface area (TPSA) is 61.8 Å². The maximum atomic E-state index is 12.6. The summed E-state index contributed by atoms with van der Waals surface area (Å²) in [6.07, 6.45) is 4.87. The van der Waals surface area contributed by atoms with E-state index in [-0.39, 0.29) is 28.6 Å². The number of fused-ring (bicyclic) bond motifs is 2. The van der Waals surface area contributed by atoms with Gasteiger partial charge in [-0.15, -0.1) is 11.3 Å². The lowest BCUT2D eigenvalue weighted by atomic mass is 9.70. The molecule has 3 aliphatic rings. The van der Waals surface area contributed by atoms with Crippen molar-refractivity contribution in [1.29, 1.82) is 0 Å². The second kappa shape index (κ2) is 6.73. The SMILES string of the molecule is CC1(C)[C@H]2CC[C@]1(C)/C(=N/NC(=O)C1CCN(C(=O)c3cccs3)CC1)C2. The molecule has 6 heteroatoms. The van der Waals surface area contributed by atoms with E-state index in [1.54, 1.807) is 0 Å². The molecule has 1 aliphatic heterocycles. The Labute approximate surface area is 165 Å². The van der Waals surface area contributed by atoms with Gasteiger partial charge in [-0.2, -0.15) is 5.10 Å². The number of nitrogens with zero attached hydrogens (tertiary/aromatic N) is 2.